The van der Waals surface area contributed by atoms with Crippen LogP contribution in [0.5, 0.6) is 0 Å². The van der Waals surface area contributed by atoms with Gasteiger partial charge in [-0.15, -0.1) is 0 Å². The zero-order valence-corrected chi connectivity index (χ0v) is 12.8. The summed E-state index contributed by atoms with van der Waals surface area (Å²) in [6, 6.07) is 4.00. The van der Waals surface area contributed by atoms with Crippen LogP contribution in [0.1, 0.15) is 31.2 Å². The molecule has 5 nitrogen and oxygen atoms in total. The molecular weight excluding hydrogens is 319 g/mol. The number of aromatic amines is 1. The lowest BCUT2D eigenvalue weighted by molar-refractivity contribution is -0.137. The van der Waals surface area contributed by atoms with Gasteiger partial charge in [-0.2, -0.15) is 13.2 Å². The Kier molecular flexibility index (Phi) is 3.06. The summed E-state index contributed by atoms with van der Waals surface area (Å²) in [6.07, 6.45) is 0.278. The third-order valence-electron chi connectivity index (χ3n) is 4.29. The molecule has 1 fully saturated rings. The molecule has 0 bridgehead atoms. The number of H-pyrrole nitrogens is 1. The maximum absolute atomic E-state index is 12.5. The maximum atomic E-state index is 12.5. The third-order valence-corrected chi connectivity index (χ3v) is 4.29. The highest BCUT2D eigenvalue weighted by Gasteiger charge is 2.42. The van der Waals surface area contributed by atoms with Gasteiger partial charge in [0.2, 0.25) is 0 Å². The molecule has 0 amide bonds. The van der Waals surface area contributed by atoms with Gasteiger partial charge in [-0.1, -0.05) is 6.92 Å². The van der Waals surface area contributed by atoms with Crippen LogP contribution in [-0.2, 0) is 11.6 Å². The van der Waals surface area contributed by atoms with Gasteiger partial charge in [0, 0.05) is 17.7 Å². The lowest BCUT2D eigenvalue weighted by Crippen LogP contribution is -2.06. The fourth-order valence-corrected chi connectivity index (χ4v) is 2.45. The van der Waals surface area contributed by atoms with E-state index in [2.05, 4.69) is 32.2 Å². The highest BCUT2D eigenvalue weighted by molar-refractivity contribution is 5.78. The summed E-state index contributed by atoms with van der Waals surface area (Å²) in [4.78, 5) is 15.9. The molecule has 1 aliphatic carbocycles. The monoisotopic (exact) mass is 333 g/mol. The number of nitrogens with zero attached hydrogens (tertiary/aromatic N) is 3. The Bertz CT molecular complexity index is 894. The number of hydrogen-bond donors (Lipinski definition) is 2. The standard InChI is InChI=1S/C16H14F3N5/c1-15(4-5-15)14-22-10-6-13(21-8-11(10)23-14)24-12-3-2-9(7-20-12)16(17,18)19/h2-3,6-8H,4-5H2,1H3,(H,22,23)(H,20,21,24). The summed E-state index contributed by atoms with van der Waals surface area (Å²) in [7, 11) is 0. The van der Waals surface area contributed by atoms with Crippen LogP contribution in [0.25, 0.3) is 11.0 Å². The molecule has 0 atom stereocenters. The van der Waals surface area contributed by atoms with Gasteiger partial charge >= 0.3 is 6.18 Å². The van der Waals surface area contributed by atoms with E-state index in [9.17, 15) is 13.2 Å². The minimum atomic E-state index is -4.40. The topological polar surface area (TPSA) is 66.5 Å². The smallest absolute Gasteiger partial charge is 0.340 e. The highest BCUT2D eigenvalue weighted by atomic mass is 19.4. The van der Waals surface area contributed by atoms with Crippen LogP contribution in [0.4, 0.5) is 24.8 Å². The molecule has 3 heterocycles. The van der Waals surface area contributed by atoms with Crippen molar-refractivity contribution in [3.8, 4) is 0 Å². The summed E-state index contributed by atoms with van der Waals surface area (Å²) in [6.45, 7) is 2.16. The number of aromatic nitrogens is 4. The second-order valence-electron chi connectivity index (χ2n) is 6.29. The van der Waals surface area contributed by atoms with Crippen molar-refractivity contribution < 1.29 is 13.2 Å². The van der Waals surface area contributed by atoms with Crippen LogP contribution in [0.2, 0.25) is 0 Å². The molecule has 3 aromatic heterocycles. The van der Waals surface area contributed by atoms with E-state index in [1.54, 1.807) is 12.3 Å². The van der Waals surface area contributed by atoms with Crippen LogP contribution in [0.15, 0.2) is 30.6 Å². The molecule has 24 heavy (non-hydrogen) atoms. The number of halogens is 3. The Morgan fingerprint density at radius 1 is 1.12 bits per heavy atom. The molecule has 4 rings (SSSR count). The first-order valence-electron chi connectivity index (χ1n) is 7.50. The summed E-state index contributed by atoms with van der Waals surface area (Å²) >= 11 is 0. The van der Waals surface area contributed by atoms with Gasteiger partial charge in [-0.3, -0.25) is 0 Å². The van der Waals surface area contributed by atoms with Gasteiger partial charge in [0.15, 0.2) is 0 Å². The number of anilines is 2. The number of nitrogens with one attached hydrogen (secondary N) is 2. The summed E-state index contributed by atoms with van der Waals surface area (Å²) in [5.74, 6) is 1.72. The quantitative estimate of drug-likeness (QED) is 0.755. The van der Waals surface area contributed by atoms with Crippen LogP contribution in [0.3, 0.4) is 0 Å². The Morgan fingerprint density at radius 2 is 1.88 bits per heavy atom. The van der Waals surface area contributed by atoms with Crippen molar-refractivity contribution in [3.05, 3.63) is 42.0 Å². The first-order valence-corrected chi connectivity index (χ1v) is 7.50. The molecule has 124 valence electrons. The summed E-state index contributed by atoms with van der Waals surface area (Å²) in [5, 5.41) is 2.89. The molecule has 0 saturated heterocycles. The van der Waals surface area contributed by atoms with Crippen molar-refractivity contribution in [2.75, 3.05) is 5.32 Å². The second kappa shape index (κ2) is 4.93. The van der Waals surface area contributed by atoms with Crippen molar-refractivity contribution in [2.24, 2.45) is 0 Å². The number of hydrogen-bond acceptors (Lipinski definition) is 4. The summed E-state index contributed by atoms with van der Waals surface area (Å²) in [5.41, 5.74) is 0.944. The number of rotatable bonds is 3. The Balaban J connectivity index is 1.58. The van der Waals surface area contributed by atoms with Gasteiger partial charge < -0.3 is 10.3 Å². The van der Waals surface area contributed by atoms with Gasteiger partial charge in [-0.05, 0) is 25.0 Å². The Labute approximate surface area is 135 Å². The highest BCUT2D eigenvalue weighted by Crippen LogP contribution is 2.46. The lowest BCUT2D eigenvalue weighted by Gasteiger charge is -2.08. The zero-order chi connectivity index (χ0) is 16.9. The van der Waals surface area contributed by atoms with Crippen molar-refractivity contribution in [3.63, 3.8) is 0 Å². The Morgan fingerprint density at radius 3 is 2.50 bits per heavy atom. The number of fused-ring (bicyclic) bond motifs is 1. The van der Waals surface area contributed by atoms with E-state index >= 15 is 0 Å². The van der Waals surface area contributed by atoms with Crippen molar-refractivity contribution >= 4 is 22.7 Å². The van der Waals surface area contributed by atoms with Crippen LogP contribution < -0.4 is 5.32 Å². The van der Waals surface area contributed by atoms with Crippen molar-refractivity contribution in [1.82, 2.24) is 19.9 Å². The van der Waals surface area contributed by atoms with Gasteiger partial charge in [-0.25, -0.2) is 15.0 Å². The largest absolute Gasteiger partial charge is 0.417 e. The molecule has 2 N–H and O–H groups in total. The molecule has 8 heteroatoms. The van der Waals surface area contributed by atoms with Crippen molar-refractivity contribution in [2.45, 2.75) is 31.4 Å². The molecule has 1 saturated carbocycles. The lowest BCUT2D eigenvalue weighted by atomic mass is 10.1. The number of alkyl halides is 3. The fourth-order valence-electron chi connectivity index (χ4n) is 2.45. The first kappa shape index (κ1) is 14.9. The van der Waals surface area contributed by atoms with E-state index in [0.29, 0.717) is 11.6 Å². The van der Waals surface area contributed by atoms with Gasteiger partial charge in [0.05, 0.1) is 22.8 Å². The molecule has 0 unspecified atom stereocenters. The average molecular weight is 333 g/mol. The van der Waals surface area contributed by atoms with E-state index in [1.165, 1.54) is 6.07 Å². The molecular formula is C16H14F3N5. The predicted molar refractivity (Wildman–Crippen MR) is 83.0 cm³/mol. The molecule has 0 aromatic carbocycles. The van der Waals surface area contributed by atoms with E-state index in [0.717, 1.165) is 42.0 Å². The minimum Gasteiger partial charge on any atom is -0.340 e. The zero-order valence-electron chi connectivity index (χ0n) is 12.8. The molecule has 1 aliphatic rings. The van der Waals surface area contributed by atoms with Crippen molar-refractivity contribution in [1.29, 1.82) is 0 Å². The van der Waals surface area contributed by atoms with E-state index in [1.807, 2.05) is 0 Å². The molecule has 3 aromatic rings. The van der Waals surface area contributed by atoms with E-state index < -0.39 is 11.7 Å². The third kappa shape index (κ3) is 2.68. The minimum absolute atomic E-state index is 0.127. The van der Waals surface area contributed by atoms with E-state index in [4.69, 9.17) is 0 Å². The van der Waals surface area contributed by atoms with Gasteiger partial charge in [0.1, 0.15) is 17.5 Å². The fraction of sp³-hybridized carbons (Fsp3) is 0.312. The maximum Gasteiger partial charge on any atom is 0.417 e. The molecule has 0 radical (unpaired) electrons. The van der Waals surface area contributed by atoms with Crippen LogP contribution in [-0.4, -0.2) is 19.9 Å². The number of imidazole rings is 1. The first-order chi connectivity index (χ1) is 11.3. The molecule has 0 spiro atoms. The normalized spacial score (nSPS) is 16.3. The average Bonchev–Trinajstić information content (AvgIpc) is 3.13. The van der Waals surface area contributed by atoms with E-state index in [-0.39, 0.29) is 5.41 Å². The van der Waals surface area contributed by atoms with Gasteiger partial charge in [0.25, 0.3) is 0 Å². The summed E-state index contributed by atoms with van der Waals surface area (Å²) < 4.78 is 37.6. The number of pyridine rings is 2. The van der Waals surface area contributed by atoms with Crippen LogP contribution in [0, 0.1) is 0 Å². The second-order valence-corrected chi connectivity index (χ2v) is 6.29. The van der Waals surface area contributed by atoms with Crippen LogP contribution >= 0.6 is 0 Å². The Hall–Kier alpha value is -2.64. The SMILES string of the molecule is CC1(c2nc3cc(Nc4ccc(C(F)(F)F)cn4)ncc3[nH]2)CC1. The molecule has 0 aliphatic heterocycles. The predicted octanol–water partition coefficient (Wildman–Crippen LogP) is 4.17.